The van der Waals surface area contributed by atoms with Gasteiger partial charge in [0.25, 0.3) is 0 Å². The van der Waals surface area contributed by atoms with Crippen molar-refractivity contribution in [3.8, 4) is 16.9 Å². The third-order valence-electron chi connectivity index (χ3n) is 9.61. The van der Waals surface area contributed by atoms with Crippen molar-refractivity contribution in [1.29, 1.82) is 0 Å². The fraction of sp³-hybridized carbons (Fsp3) is 0.359. The second-order valence-electron chi connectivity index (χ2n) is 13.7. The number of carbonyl (C=O) groups excluding carboxylic acids is 5. The molecule has 2 heterocycles. The lowest BCUT2D eigenvalue weighted by Gasteiger charge is -2.45. The van der Waals surface area contributed by atoms with Crippen LogP contribution in [0.2, 0.25) is 0 Å². The van der Waals surface area contributed by atoms with E-state index in [9.17, 15) is 55.5 Å². The molecule has 6 rings (SSSR count). The van der Waals surface area contributed by atoms with E-state index < -0.39 is 130 Å². The topological polar surface area (TPSA) is 201 Å². The molecule has 2 aliphatic rings. The second kappa shape index (κ2) is 18.9. The van der Waals surface area contributed by atoms with Gasteiger partial charge < -0.3 is 38.5 Å². The van der Waals surface area contributed by atoms with Gasteiger partial charge in [-0.05, 0) is 49.9 Å². The number of aromatic nitrogens is 1. The molecule has 62 heavy (non-hydrogen) atoms. The third-order valence-corrected chi connectivity index (χ3v) is 11.5. The van der Waals surface area contributed by atoms with Crippen molar-refractivity contribution in [2.75, 3.05) is 13.2 Å². The SMILES string of the molecule is CC(=O)OC[C@H]1O[C@@H](O[C@H](C)[C@H](NC(=O)OCC2c3ccccc3-c3ccccc32)C(=O)Oc2c(F)c(F)c(F)c(F)c2F)[C@H](n2c(=O)ssc2=O)[C@@H](OC(C)=O)[C@@H]1OC(C)=O. The largest absolute Gasteiger partial charge is 0.463 e. The molecule has 0 unspecified atom stereocenters. The second-order valence-corrected chi connectivity index (χ2v) is 15.7. The van der Waals surface area contributed by atoms with E-state index in [0.29, 0.717) is 25.2 Å². The Balaban J connectivity index is 1.37. The van der Waals surface area contributed by atoms with Crippen LogP contribution in [-0.2, 0) is 47.6 Å². The number of fused-ring (bicyclic) bond motifs is 3. The van der Waals surface area contributed by atoms with E-state index in [-0.39, 0.29) is 6.61 Å². The van der Waals surface area contributed by atoms with Crippen LogP contribution >= 0.6 is 20.7 Å². The van der Waals surface area contributed by atoms with Crippen LogP contribution in [0, 0.1) is 29.1 Å². The number of hydrogen-bond donors (Lipinski definition) is 1. The maximum absolute atomic E-state index is 14.8. The van der Waals surface area contributed by atoms with E-state index in [1.165, 1.54) is 0 Å². The van der Waals surface area contributed by atoms with Crippen molar-refractivity contribution in [2.24, 2.45) is 0 Å². The number of ether oxygens (including phenoxy) is 7. The molecule has 0 spiro atoms. The highest BCUT2D eigenvalue weighted by Gasteiger charge is 2.54. The summed E-state index contributed by atoms with van der Waals surface area (Å²) in [7, 11) is 0.864. The van der Waals surface area contributed by atoms with Crippen LogP contribution in [-0.4, -0.2) is 84.5 Å². The summed E-state index contributed by atoms with van der Waals surface area (Å²) in [6, 6.07) is 10.3. The molecule has 23 heteroatoms. The van der Waals surface area contributed by atoms with Gasteiger partial charge in [-0.3, -0.25) is 24.0 Å². The summed E-state index contributed by atoms with van der Waals surface area (Å²) in [4.78, 5) is 88.4. The van der Waals surface area contributed by atoms with Crippen LogP contribution in [0.5, 0.6) is 5.75 Å². The Morgan fingerprint density at radius 2 is 1.24 bits per heavy atom. The average molecular weight is 913 g/mol. The van der Waals surface area contributed by atoms with Crippen LogP contribution in [0.3, 0.4) is 0 Å². The van der Waals surface area contributed by atoms with E-state index in [2.05, 4.69) is 10.1 Å². The molecule has 1 N–H and O–H groups in total. The van der Waals surface area contributed by atoms with E-state index >= 15 is 0 Å². The van der Waals surface area contributed by atoms with Gasteiger partial charge in [0.1, 0.15) is 25.4 Å². The highest BCUT2D eigenvalue weighted by atomic mass is 32.9. The lowest BCUT2D eigenvalue weighted by molar-refractivity contribution is -0.297. The molecule has 3 aromatic carbocycles. The number of hydrogen-bond acceptors (Lipinski definition) is 16. The van der Waals surface area contributed by atoms with Crippen LogP contribution in [0.4, 0.5) is 26.7 Å². The number of benzene rings is 3. The Kier molecular flexibility index (Phi) is 13.9. The number of alkyl carbamates (subject to hydrolysis) is 1. The molecule has 4 aromatic rings. The zero-order valence-corrected chi connectivity index (χ0v) is 34.2. The number of nitrogens with zero attached hydrogens (tertiary/aromatic N) is 1. The number of rotatable bonds is 13. The van der Waals surface area contributed by atoms with E-state index in [4.69, 9.17) is 28.4 Å². The Morgan fingerprint density at radius 1 is 0.726 bits per heavy atom. The number of esters is 4. The van der Waals surface area contributed by atoms with Crippen molar-refractivity contribution in [2.45, 2.75) is 76.4 Å². The number of carbonyl (C=O) groups is 5. The van der Waals surface area contributed by atoms with Crippen molar-refractivity contribution < 1.29 is 79.1 Å². The number of amides is 1. The minimum absolute atomic E-state index is 0.351. The molecule has 0 bridgehead atoms. The predicted molar refractivity (Wildman–Crippen MR) is 203 cm³/mol. The zero-order valence-electron chi connectivity index (χ0n) is 32.5. The Hall–Kier alpha value is -6.04. The molecule has 0 saturated carbocycles. The maximum Gasteiger partial charge on any atom is 0.407 e. The average Bonchev–Trinajstić information content (AvgIpc) is 3.73. The highest BCUT2D eigenvalue weighted by molar-refractivity contribution is 7.67. The summed E-state index contributed by atoms with van der Waals surface area (Å²) in [5.41, 5.74) is 3.27. The number of halogens is 5. The summed E-state index contributed by atoms with van der Waals surface area (Å²) in [5.74, 6) is -20.0. The third kappa shape index (κ3) is 9.39. The molecular weight excluding hydrogens is 880 g/mol. The first-order valence-electron chi connectivity index (χ1n) is 18.2. The van der Waals surface area contributed by atoms with Crippen molar-refractivity contribution in [3.05, 3.63) is 108 Å². The van der Waals surface area contributed by atoms with Crippen LogP contribution in [0.15, 0.2) is 58.1 Å². The first-order valence-corrected chi connectivity index (χ1v) is 20.4. The molecule has 16 nitrogen and oxygen atoms in total. The first-order chi connectivity index (χ1) is 29.4. The van der Waals surface area contributed by atoms with E-state index in [0.717, 1.165) is 49.9 Å². The van der Waals surface area contributed by atoms with Gasteiger partial charge in [-0.1, -0.05) is 48.5 Å². The first kappa shape index (κ1) is 45.5. The van der Waals surface area contributed by atoms with Gasteiger partial charge in [0, 0.05) is 26.7 Å². The maximum atomic E-state index is 14.8. The lowest BCUT2D eigenvalue weighted by Crippen LogP contribution is -2.62. The fourth-order valence-electron chi connectivity index (χ4n) is 7.00. The molecule has 1 aliphatic heterocycles. The minimum Gasteiger partial charge on any atom is -0.463 e. The summed E-state index contributed by atoms with van der Waals surface area (Å²) < 4.78 is 110. The monoisotopic (exact) mass is 912 g/mol. The molecule has 1 fully saturated rings. The Morgan fingerprint density at radius 3 is 1.77 bits per heavy atom. The van der Waals surface area contributed by atoms with Crippen LogP contribution < -0.4 is 19.8 Å². The summed E-state index contributed by atoms with van der Waals surface area (Å²) >= 11 is 0. The molecule has 1 saturated heterocycles. The van der Waals surface area contributed by atoms with Gasteiger partial charge >= 0.3 is 39.7 Å². The fourth-order valence-corrected chi connectivity index (χ4v) is 8.68. The van der Waals surface area contributed by atoms with E-state index in [1.807, 2.05) is 24.3 Å². The Labute approximate surface area is 353 Å². The van der Waals surface area contributed by atoms with E-state index in [1.54, 1.807) is 24.3 Å². The quantitative estimate of drug-likeness (QED) is 0.0370. The van der Waals surface area contributed by atoms with Crippen molar-refractivity contribution >= 4 is 50.7 Å². The van der Waals surface area contributed by atoms with Crippen molar-refractivity contribution in [3.63, 3.8) is 0 Å². The molecule has 7 atom stereocenters. The minimum atomic E-state index is -2.56. The lowest BCUT2D eigenvalue weighted by atomic mass is 9.95. The summed E-state index contributed by atoms with van der Waals surface area (Å²) in [6.07, 6.45) is -10.5. The van der Waals surface area contributed by atoms with Crippen molar-refractivity contribution in [1.82, 2.24) is 9.88 Å². The molecule has 0 radical (unpaired) electrons. The van der Waals surface area contributed by atoms with Gasteiger partial charge in [0.05, 0.1) is 6.10 Å². The van der Waals surface area contributed by atoms with Gasteiger partial charge in [-0.25, -0.2) is 27.3 Å². The molecule has 330 valence electrons. The number of nitrogens with one attached hydrogen (secondary N) is 1. The molecule has 1 aliphatic carbocycles. The molecule has 1 aromatic heterocycles. The molecular formula is C39H33F5N2O14S2. The summed E-state index contributed by atoms with van der Waals surface area (Å²) in [5, 5.41) is 2.11. The van der Waals surface area contributed by atoms with Gasteiger partial charge in [-0.2, -0.15) is 8.78 Å². The van der Waals surface area contributed by atoms with Crippen LogP contribution in [0.1, 0.15) is 50.8 Å². The Bertz CT molecular complexity index is 2430. The predicted octanol–water partition coefficient (Wildman–Crippen LogP) is 4.64. The van der Waals surface area contributed by atoms with Gasteiger partial charge in [0.15, 0.2) is 24.5 Å². The van der Waals surface area contributed by atoms with Crippen LogP contribution in [0.25, 0.3) is 11.1 Å². The normalized spacial score (nSPS) is 20.2. The smallest absolute Gasteiger partial charge is 0.407 e. The zero-order chi connectivity index (χ0) is 45.2. The summed E-state index contributed by atoms with van der Waals surface area (Å²) in [6.45, 7) is 2.83. The standard InChI is InChI=1S/C39H33F5N2O14S2/c1-15(56-36-31(46-38(52)61-62-39(46)53)34(58-18(4)49)32(57-17(3)48)24(59-36)14-54-16(2)47)30(35(50)60-33-28(43)26(41)25(40)27(42)29(33)44)45-37(51)55-13-23-21-11-7-5-9-19(21)20-10-6-8-12-22(20)23/h5-12,15,23-24,30-32,34,36H,13-14H2,1-4H3,(H,45,51)/t15-,24-,30+,31-,32-,34-,36-/m1/s1. The van der Waals surface area contributed by atoms with Gasteiger partial charge in [0.2, 0.25) is 34.8 Å². The highest BCUT2D eigenvalue weighted by Crippen LogP contribution is 2.44. The molecule has 1 amide bonds. The van der Waals surface area contributed by atoms with Gasteiger partial charge in [-0.15, -0.1) is 0 Å².